The minimum absolute atomic E-state index is 0.0581. The Hall–Kier alpha value is -1.96. The number of nitrogens with zero attached hydrogens (tertiary/aromatic N) is 2. The molecular formula is C22H29N3O3S. The van der Waals surface area contributed by atoms with Crippen molar-refractivity contribution >= 4 is 26.7 Å². The number of carbonyl (C=O) groups excluding carboxylic acids is 1. The summed E-state index contributed by atoms with van der Waals surface area (Å²) in [5.74, 6) is 0.0581. The standard InChI is InChI=1S/C22H29N3O3S/c1-17(22(26)23-20-8-4-5-9-20)24-12-14-25(15-13-24)29(27,28)21-11-10-18-6-2-3-7-19(18)16-21/h2-3,6-7,10-11,16-17,20H,4-5,8-9,12-15H2,1H3,(H,23,26)/t17-/m1/s1. The van der Waals surface area contributed by atoms with Gasteiger partial charge in [0.1, 0.15) is 0 Å². The molecule has 7 heteroatoms. The lowest BCUT2D eigenvalue weighted by Gasteiger charge is -2.37. The number of rotatable bonds is 5. The first kappa shape index (κ1) is 20.3. The number of fused-ring (bicyclic) bond motifs is 1. The van der Waals surface area contributed by atoms with Crippen molar-refractivity contribution in [2.24, 2.45) is 0 Å². The number of amides is 1. The Morgan fingerprint density at radius 2 is 1.66 bits per heavy atom. The summed E-state index contributed by atoms with van der Waals surface area (Å²) >= 11 is 0. The number of sulfonamides is 1. The van der Waals surface area contributed by atoms with Crippen LogP contribution >= 0.6 is 0 Å². The predicted octanol–water partition coefficient (Wildman–Crippen LogP) is 2.59. The van der Waals surface area contributed by atoms with E-state index < -0.39 is 10.0 Å². The van der Waals surface area contributed by atoms with Crippen molar-refractivity contribution in [2.45, 2.75) is 49.6 Å². The fourth-order valence-corrected chi connectivity index (χ4v) is 5.82. The summed E-state index contributed by atoms with van der Waals surface area (Å²) in [7, 11) is -3.54. The van der Waals surface area contributed by atoms with E-state index in [1.807, 2.05) is 37.3 Å². The molecule has 0 unspecified atom stereocenters. The van der Waals surface area contributed by atoms with Crippen LogP contribution in [0.15, 0.2) is 47.4 Å². The largest absolute Gasteiger partial charge is 0.352 e. The van der Waals surface area contributed by atoms with Gasteiger partial charge in [0.05, 0.1) is 10.9 Å². The molecule has 1 aliphatic carbocycles. The van der Waals surface area contributed by atoms with Gasteiger partial charge in [0, 0.05) is 32.2 Å². The molecule has 1 aliphatic heterocycles. The summed E-state index contributed by atoms with van der Waals surface area (Å²) in [4.78, 5) is 14.9. The Bertz CT molecular complexity index is 978. The molecule has 6 nitrogen and oxygen atoms in total. The van der Waals surface area contributed by atoms with Crippen LogP contribution in [-0.2, 0) is 14.8 Å². The summed E-state index contributed by atoms with van der Waals surface area (Å²) in [5, 5.41) is 5.09. The van der Waals surface area contributed by atoms with Gasteiger partial charge in [-0.1, -0.05) is 43.2 Å². The van der Waals surface area contributed by atoms with Gasteiger partial charge >= 0.3 is 0 Å². The van der Waals surface area contributed by atoms with Crippen molar-refractivity contribution in [1.29, 1.82) is 0 Å². The fourth-order valence-electron chi connectivity index (χ4n) is 4.37. The number of hydrogen-bond acceptors (Lipinski definition) is 4. The molecule has 2 aromatic carbocycles. The van der Waals surface area contributed by atoms with Crippen LogP contribution in [0.25, 0.3) is 10.8 Å². The van der Waals surface area contributed by atoms with E-state index in [4.69, 9.17) is 0 Å². The molecule has 0 aromatic heterocycles. The summed E-state index contributed by atoms with van der Waals surface area (Å²) < 4.78 is 27.7. The summed E-state index contributed by atoms with van der Waals surface area (Å²) in [5.41, 5.74) is 0. The van der Waals surface area contributed by atoms with Gasteiger partial charge in [0.15, 0.2) is 0 Å². The molecule has 0 spiro atoms. The van der Waals surface area contributed by atoms with Crippen molar-refractivity contribution in [3.63, 3.8) is 0 Å². The highest BCUT2D eigenvalue weighted by Crippen LogP contribution is 2.23. The maximum absolute atomic E-state index is 13.1. The van der Waals surface area contributed by atoms with Crippen LogP contribution in [0, 0.1) is 0 Å². The lowest BCUT2D eigenvalue weighted by atomic mass is 10.1. The van der Waals surface area contributed by atoms with Crippen LogP contribution in [-0.4, -0.2) is 61.8 Å². The maximum Gasteiger partial charge on any atom is 0.243 e. The zero-order chi connectivity index (χ0) is 20.4. The van der Waals surface area contributed by atoms with E-state index >= 15 is 0 Å². The molecule has 1 saturated heterocycles. The molecule has 1 saturated carbocycles. The minimum atomic E-state index is -3.54. The third-order valence-electron chi connectivity index (χ3n) is 6.26. The molecule has 4 rings (SSSR count). The van der Waals surface area contributed by atoms with Crippen LogP contribution in [0.5, 0.6) is 0 Å². The third kappa shape index (κ3) is 4.32. The van der Waals surface area contributed by atoms with Gasteiger partial charge in [0.25, 0.3) is 0 Å². The molecule has 1 N–H and O–H groups in total. The first-order valence-electron chi connectivity index (χ1n) is 10.5. The molecular weight excluding hydrogens is 386 g/mol. The average molecular weight is 416 g/mol. The molecule has 2 aromatic rings. The Kier molecular flexibility index (Phi) is 5.90. The first-order chi connectivity index (χ1) is 13.9. The molecule has 0 radical (unpaired) electrons. The number of piperazine rings is 1. The summed E-state index contributed by atoms with van der Waals surface area (Å²) in [6.45, 7) is 3.84. The van der Waals surface area contributed by atoms with Crippen molar-refractivity contribution in [3.05, 3.63) is 42.5 Å². The number of nitrogens with one attached hydrogen (secondary N) is 1. The quantitative estimate of drug-likeness (QED) is 0.815. The normalized spacial score (nSPS) is 20.7. The van der Waals surface area contributed by atoms with Crippen LogP contribution in [0.4, 0.5) is 0 Å². The van der Waals surface area contributed by atoms with E-state index in [-0.39, 0.29) is 11.9 Å². The second-order valence-electron chi connectivity index (χ2n) is 8.11. The lowest BCUT2D eigenvalue weighted by molar-refractivity contribution is -0.127. The highest BCUT2D eigenvalue weighted by Gasteiger charge is 2.32. The topological polar surface area (TPSA) is 69.7 Å². The molecule has 1 heterocycles. The highest BCUT2D eigenvalue weighted by molar-refractivity contribution is 7.89. The van der Waals surface area contributed by atoms with Gasteiger partial charge in [-0.3, -0.25) is 9.69 Å². The lowest BCUT2D eigenvalue weighted by Crippen LogP contribution is -2.55. The van der Waals surface area contributed by atoms with Gasteiger partial charge in [-0.25, -0.2) is 8.42 Å². The molecule has 2 fully saturated rings. The summed E-state index contributed by atoms with van der Waals surface area (Å²) in [6, 6.07) is 13.1. The van der Waals surface area contributed by atoms with Crippen molar-refractivity contribution in [3.8, 4) is 0 Å². The molecule has 2 aliphatic rings. The molecule has 156 valence electrons. The van der Waals surface area contributed by atoms with E-state index in [1.165, 1.54) is 17.1 Å². The minimum Gasteiger partial charge on any atom is -0.352 e. The SMILES string of the molecule is C[C@H](C(=O)NC1CCCC1)N1CCN(S(=O)(=O)c2ccc3ccccc3c2)CC1. The molecule has 29 heavy (non-hydrogen) atoms. The molecule has 1 amide bonds. The number of carbonyl (C=O) groups is 1. The van der Waals surface area contributed by atoms with E-state index in [2.05, 4.69) is 10.2 Å². The van der Waals surface area contributed by atoms with Crippen molar-refractivity contribution in [1.82, 2.24) is 14.5 Å². The van der Waals surface area contributed by atoms with E-state index in [1.54, 1.807) is 12.1 Å². The zero-order valence-corrected chi connectivity index (χ0v) is 17.7. The third-order valence-corrected chi connectivity index (χ3v) is 8.16. The van der Waals surface area contributed by atoms with E-state index in [0.717, 1.165) is 23.6 Å². The van der Waals surface area contributed by atoms with Crippen molar-refractivity contribution in [2.75, 3.05) is 26.2 Å². The second kappa shape index (κ2) is 8.42. The van der Waals surface area contributed by atoms with Gasteiger partial charge < -0.3 is 5.32 Å². The maximum atomic E-state index is 13.1. The van der Waals surface area contributed by atoms with Crippen LogP contribution < -0.4 is 5.32 Å². The van der Waals surface area contributed by atoms with Crippen LogP contribution in [0.1, 0.15) is 32.6 Å². The monoisotopic (exact) mass is 415 g/mol. The Labute approximate surface area is 172 Å². The van der Waals surface area contributed by atoms with Gasteiger partial charge in [0.2, 0.25) is 15.9 Å². The molecule has 0 bridgehead atoms. The fraction of sp³-hybridized carbons (Fsp3) is 0.500. The predicted molar refractivity (Wildman–Crippen MR) is 114 cm³/mol. The van der Waals surface area contributed by atoms with Crippen LogP contribution in [0.2, 0.25) is 0 Å². The van der Waals surface area contributed by atoms with E-state index in [0.29, 0.717) is 37.1 Å². The molecule has 1 atom stereocenters. The number of hydrogen-bond donors (Lipinski definition) is 1. The van der Waals surface area contributed by atoms with Gasteiger partial charge in [-0.05, 0) is 42.7 Å². The number of benzene rings is 2. The highest BCUT2D eigenvalue weighted by atomic mass is 32.2. The zero-order valence-electron chi connectivity index (χ0n) is 16.9. The van der Waals surface area contributed by atoms with Crippen LogP contribution in [0.3, 0.4) is 0 Å². The van der Waals surface area contributed by atoms with E-state index in [9.17, 15) is 13.2 Å². The smallest absolute Gasteiger partial charge is 0.243 e. The average Bonchev–Trinajstić information content (AvgIpc) is 3.26. The Morgan fingerprint density at radius 3 is 2.34 bits per heavy atom. The first-order valence-corrected chi connectivity index (χ1v) is 11.9. The summed E-state index contributed by atoms with van der Waals surface area (Å²) in [6.07, 6.45) is 4.50. The van der Waals surface area contributed by atoms with Crippen molar-refractivity contribution < 1.29 is 13.2 Å². The Morgan fingerprint density at radius 1 is 1.00 bits per heavy atom. The second-order valence-corrected chi connectivity index (χ2v) is 10.1. The Balaban J connectivity index is 1.39. The van der Waals surface area contributed by atoms with Gasteiger partial charge in [-0.2, -0.15) is 4.31 Å². The van der Waals surface area contributed by atoms with Gasteiger partial charge in [-0.15, -0.1) is 0 Å².